The highest BCUT2D eigenvalue weighted by Gasteiger charge is 2.37. The van der Waals surface area contributed by atoms with Gasteiger partial charge in [0.1, 0.15) is 0 Å². The second-order valence-electron chi connectivity index (χ2n) is 4.64. The number of hydrogen-bond donors (Lipinski definition) is 0. The largest absolute Gasteiger partial charge is 0.339 e. The SMILES string of the molecule is CCc1nc(CN2C(=O)c3ccc([N+](=O)[O-])cc3C2=O)no1. The van der Waals surface area contributed by atoms with Crippen LogP contribution in [0.5, 0.6) is 0 Å². The summed E-state index contributed by atoms with van der Waals surface area (Å²) in [5.41, 5.74) is -0.0946. The monoisotopic (exact) mass is 302 g/mol. The molecule has 0 N–H and O–H groups in total. The summed E-state index contributed by atoms with van der Waals surface area (Å²) in [5, 5.41) is 14.4. The maximum absolute atomic E-state index is 12.3. The molecular formula is C13H10N4O5. The summed E-state index contributed by atoms with van der Waals surface area (Å²) in [6, 6.07) is 3.57. The molecule has 0 spiro atoms. The van der Waals surface area contributed by atoms with Gasteiger partial charge < -0.3 is 4.52 Å². The lowest BCUT2D eigenvalue weighted by Crippen LogP contribution is -2.29. The number of non-ortho nitro benzene ring substituents is 1. The first-order valence-electron chi connectivity index (χ1n) is 6.47. The minimum Gasteiger partial charge on any atom is -0.339 e. The average molecular weight is 302 g/mol. The number of nitro benzene ring substituents is 1. The van der Waals surface area contributed by atoms with E-state index in [2.05, 4.69) is 10.1 Å². The molecule has 0 saturated heterocycles. The maximum atomic E-state index is 12.3. The third-order valence-corrected chi connectivity index (χ3v) is 3.28. The molecule has 2 amide bonds. The van der Waals surface area contributed by atoms with Gasteiger partial charge in [-0.05, 0) is 6.07 Å². The summed E-state index contributed by atoms with van der Waals surface area (Å²) >= 11 is 0. The molecule has 0 saturated carbocycles. The molecule has 0 atom stereocenters. The number of carbonyl (C=O) groups is 2. The fourth-order valence-corrected chi connectivity index (χ4v) is 2.18. The van der Waals surface area contributed by atoms with E-state index in [4.69, 9.17) is 4.52 Å². The van der Waals surface area contributed by atoms with Gasteiger partial charge in [-0.1, -0.05) is 12.1 Å². The summed E-state index contributed by atoms with van der Waals surface area (Å²) in [4.78, 5) is 39.6. The Kier molecular flexibility index (Phi) is 3.17. The van der Waals surface area contributed by atoms with Crippen LogP contribution in [0.25, 0.3) is 0 Å². The zero-order valence-corrected chi connectivity index (χ0v) is 11.5. The highest BCUT2D eigenvalue weighted by atomic mass is 16.6. The van der Waals surface area contributed by atoms with Crippen molar-refractivity contribution >= 4 is 17.5 Å². The van der Waals surface area contributed by atoms with Crippen LogP contribution < -0.4 is 0 Å². The fraction of sp³-hybridized carbons (Fsp3) is 0.231. The molecule has 1 aromatic heterocycles. The van der Waals surface area contributed by atoms with Crippen molar-refractivity contribution in [1.29, 1.82) is 0 Å². The van der Waals surface area contributed by atoms with Gasteiger partial charge in [0.25, 0.3) is 17.5 Å². The number of aryl methyl sites for hydroxylation is 1. The van der Waals surface area contributed by atoms with Crippen molar-refractivity contribution < 1.29 is 19.0 Å². The van der Waals surface area contributed by atoms with E-state index in [0.29, 0.717) is 12.3 Å². The second-order valence-corrected chi connectivity index (χ2v) is 4.64. The number of imide groups is 1. The molecule has 0 aliphatic carbocycles. The smallest absolute Gasteiger partial charge is 0.270 e. The van der Waals surface area contributed by atoms with Gasteiger partial charge in [-0.15, -0.1) is 0 Å². The molecule has 22 heavy (non-hydrogen) atoms. The van der Waals surface area contributed by atoms with E-state index in [1.807, 2.05) is 6.92 Å². The van der Waals surface area contributed by atoms with E-state index < -0.39 is 16.7 Å². The Labute approximate surface area is 123 Å². The number of nitrogens with zero attached hydrogens (tertiary/aromatic N) is 4. The number of carbonyl (C=O) groups excluding carboxylic acids is 2. The average Bonchev–Trinajstić information content (AvgIpc) is 3.06. The van der Waals surface area contributed by atoms with Crippen molar-refractivity contribution in [2.24, 2.45) is 0 Å². The Morgan fingerprint density at radius 2 is 2.00 bits per heavy atom. The third kappa shape index (κ3) is 2.12. The predicted molar refractivity (Wildman–Crippen MR) is 71.0 cm³/mol. The number of fused-ring (bicyclic) bond motifs is 1. The fourth-order valence-electron chi connectivity index (χ4n) is 2.18. The molecule has 2 heterocycles. The van der Waals surface area contributed by atoms with Gasteiger partial charge in [-0.2, -0.15) is 4.98 Å². The lowest BCUT2D eigenvalue weighted by atomic mass is 10.1. The Bertz CT molecular complexity index is 797. The predicted octanol–water partition coefficient (Wildman–Crippen LogP) is 1.34. The zero-order valence-electron chi connectivity index (χ0n) is 11.5. The van der Waals surface area contributed by atoms with Gasteiger partial charge in [0.2, 0.25) is 5.89 Å². The molecule has 0 unspecified atom stereocenters. The van der Waals surface area contributed by atoms with Gasteiger partial charge >= 0.3 is 0 Å². The minimum atomic E-state index is -0.618. The first-order valence-corrected chi connectivity index (χ1v) is 6.47. The molecular weight excluding hydrogens is 292 g/mol. The highest BCUT2D eigenvalue weighted by molar-refractivity contribution is 6.21. The van der Waals surface area contributed by atoms with Crippen LogP contribution in [0.4, 0.5) is 5.69 Å². The van der Waals surface area contributed by atoms with E-state index in [0.717, 1.165) is 11.0 Å². The van der Waals surface area contributed by atoms with Crippen LogP contribution in [0.2, 0.25) is 0 Å². The molecule has 0 radical (unpaired) electrons. The lowest BCUT2D eigenvalue weighted by molar-refractivity contribution is -0.384. The Hall–Kier alpha value is -3.10. The number of aromatic nitrogens is 2. The van der Waals surface area contributed by atoms with Crippen LogP contribution in [0.15, 0.2) is 22.7 Å². The standard InChI is InChI=1S/C13H10N4O5/c1-2-11-14-10(15-22-11)6-16-12(18)8-4-3-7(17(20)21)5-9(8)13(16)19/h3-5H,2,6H2,1H3. The van der Waals surface area contributed by atoms with Gasteiger partial charge in [0.15, 0.2) is 5.82 Å². The number of hydrogen-bond acceptors (Lipinski definition) is 7. The van der Waals surface area contributed by atoms with Crippen LogP contribution in [0.3, 0.4) is 0 Å². The van der Waals surface area contributed by atoms with Gasteiger partial charge in [0, 0.05) is 18.6 Å². The normalized spacial score (nSPS) is 13.6. The molecule has 9 heteroatoms. The van der Waals surface area contributed by atoms with Crippen molar-refractivity contribution in [2.45, 2.75) is 19.9 Å². The summed E-state index contributed by atoms with van der Waals surface area (Å²) in [6.07, 6.45) is 0.543. The highest BCUT2D eigenvalue weighted by Crippen LogP contribution is 2.27. The molecule has 0 fully saturated rings. The molecule has 1 aromatic carbocycles. The molecule has 9 nitrogen and oxygen atoms in total. The molecule has 1 aliphatic rings. The first-order chi connectivity index (χ1) is 10.5. The topological polar surface area (TPSA) is 119 Å². The Balaban J connectivity index is 1.90. The molecule has 0 bridgehead atoms. The van der Waals surface area contributed by atoms with Crippen molar-refractivity contribution in [3.63, 3.8) is 0 Å². The summed E-state index contributed by atoms with van der Waals surface area (Å²) < 4.78 is 4.92. The number of nitro groups is 1. The van der Waals surface area contributed by atoms with E-state index in [1.54, 1.807) is 0 Å². The van der Waals surface area contributed by atoms with Crippen LogP contribution in [-0.4, -0.2) is 31.8 Å². The zero-order chi connectivity index (χ0) is 15.9. The lowest BCUT2D eigenvalue weighted by Gasteiger charge is -2.10. The quantitative estimate of drug-likeness (QED) is 0.474. The van der Waals surface area contributed by atoms with Gasteiger partial charge in [-0.25, -0.2) is 0 Å². The Morgan fingerprint density at radius 1 is 1.27 bits per heavy atom. The molecule has 3 rings (SSSR count). The van der Waals surface area contributed by atoms with Crippen molar-refractivity contribution in [2.75, 3.05) is 0 Å². The van der Waals surface area contributed by atoms with Crippen LogP contribution in [0, 0.1) is 10.1 Å². The van der Waals surface area contributed by atoms with Crippen LogP contribution in [-0.2, 0) is 13.0 Å². The second kappa shape index (κ2) is 5.02. The summed E-state index contributed by atoms with van der Waals surface area (Å²) in [7, 11) is 0. The molecule has 2 aromatic rings. The van der Waals surface area contributed by atoms with E-state index in [-0.39, 0.29) is 29.2 Å². The minimum absolute atomic E-state index is 0.0124. The number of benzene rings is 1. The maximum Gasteiger partial charge on any atom is 0.270 e. The van der Waals surface area contributed by atoms with E-state index in [1.165, 1.54) is 12.1 Å². The first kappa shape index (κ1) is 13.9. The van der Waals surface area contributed by atoms with E-state index >= 15 is 0 Å². The van der Waals surface area contributed by atoms with Crippen molar-refractivity contribution in [3.8, 4) is 0 Å². The van der Waals surface area contributed by atoms with Crippen LogP contribution in [0.1, 0.15) is 39.4 Å². The van der Waals surface area contributed by atoms with Gasteiger partial charge in [-0.3, -0.25) is 24.6 Å². The van der Waals surface area contributed by atoms with Gasteiger partial charge in [0.05, 0.1) is 22.6 Å². The third-order valence-electron chi connectivity index (χ3n) is 3.28. The number of rotatable bonds is 4. The van der Waals surface area contributed by atoms with E-state index in [9.17, 15) is 19.7 Å². The summed E-state index contributed by atoms with van der Waals surface area (Å²) in [5.74, 6) is -0.521. The van der Waals surface area contributed by atoms with Crippen LogP contribution >= 0.6 is 0 Å². The Morgan fingerprint density at radius 3 is 2.64 bits per heavy atom. The van der Waals surface area contributed by atoms with Crippen molar-refractivity contribution in [3.05, 3.63) is 51.2 Å². The number of amides is 2. The molecule has 112 valence electrons. The summed E-state index contributed by atoms with van der Waals surface area (Å²) in [6.45, 7) is 1.70. The molecule has 1 aliphatic heterocycles. The van der Waals surface area contributed by atoms with Crippen molar-refractivity contribution in [1.82, 2.24) is 15.0 Å².